The summed E-state index contributed by atoms with van der Waals surface area (Å²) in [7, 11) is 0. The van der Waals surface area contributed by atoms with Crippen molar-refractivity contribution in [1.82, 2.24) is 5.32 Å². The monoisotopic (exact) mass is 352 g/mol. The highest BCUT2D eigenvalue weighted by atomic mass is 35.5. The number of anilines is 1. The maximum absolute atomic E-state index is 12.0. The third-order valence-electron chi connectivity index (χ3n) is 2.99. The van der Waals surface area contributed by atoms with Crippen molar-refractivity contribution in [1.29, 1.82) is 5.26 Å². The number of unbranched alkanes of at least 4 members (excludes halogenated alkanes) is 2. The SMILES string of the molecule is N#C/C(=C/NCCCCCO)C(=O)Nc1ccc(Cl)c([N+](=O)[O-])c1. The van der Waals surface area contributed by atoms with Gasteiger partial charge in [0.1, 0.15) is 16.7 Å². The second-order valence-corrected chi connectivity index (χ2v) is 5.19. The lowest BCUT2D eigenvalue weighted by atomic mass is 10.2. The van der Waals surface area contributed by atoms with Gasteiger partial charge in [0.05, 0.1) is 4.92 Å². The van der Waals surface area contributed by atoms with Crippen LogP contribution in [0.1, 0.15) is 19.3 Å². The van der Waals surface area contributed by atoms with Gasteiger partial charge in [0.2, 0.25) is 0 Å². The number of nitriles is 1. The van der Waals surface area contributed by atoms with Gasteiger partial charge in [-0.25, -0.2) is 0 Å². The molecule has 0 fully saturated rings. The van der Waals surface area contributed by atoms with Crippen LogP contribution in [0.25, 0.3) is 0 Å². The molecule has 0 radical (unpaired) electrons. The Morgan fingerprint density at radius 3 is 2.79 bits per heavy atom. The number of amides is 1. The molecule has 0 bridgehead atoms. The maximum atomic E-state index is 12.0. The lowest BCUT2D eigenvalue weighted by molar-refractivity contribution is -0.384. The predicted octanol–water partition coefficient (Wildman–Crippen LogP) is 2.35. The standard InChI is InChI=1S/C15H17ClN4O4/c16-13-5-4-12(8-14(13)20(23)24)19-15(22)11(9-17)10-18-6-2-1-3-7-21/h4-5,8,10,18,21H,1-3,6-7H2,(H,19,22)/b11-10-. The van der Waals surface area contributed by atoms with Gasteiger partial charge in [-0.1, -0.05) is 11.6 Å². The van der Waals surface area contributed by atoms with Crippen molar-refractivity contribution in [2.24, 2.45) is 0 Å². The number of nitro benzene ring substituents is 1. The number of nitro groups is 1. The van der Waals surface area contributed by atoms with E-state index in [4.69, 9.17) is 22.0 Å². The Morgan fingerprint density at radius 2 is 2.17 bits per heavy atom. The van der Waals surface area contributed by atoms with E-state index in [0.717, 1.165) is 18.9 Å². The number of nitrogens with zero attached hydrogens (tertiary/aromatic N) is 2. The summed E-state index contributed by atoms with van der Waals surface area (Å²) in [5.41, 5.74) is -0.325. The molecule has 0 unspecified atom stereocenters. The van der Waals surface area contributed by atoms with Gasteiger partial charge in [0, 0.05) is 31.1 Å². The number of hydrogen-bond donors (Lipinski definition) is 3. The normalized spacial score (nSPS) is 10.8. The average molecular weight is 353 g/mol. The van der Waals surface area contributed by atoms with E-state index in [1.54, 1.807) is 6.07 Å². The first kappa shape index (κ1) is 19.4. The number of carbonyl (C=O) groups excluding carboxylic acids is 1. The van der Waals surface area contributed by atoms with Crippen molar-refractivity contribution in [3.05, 3.63) is 45.1 Å². The number of halogens is 1. The Kier molecular flexibility index (Phi) is 8.25. The van der Waals surface area contributed by atoms with Crippen LogP contribution in [-0.4, -0.2) is 29.1 Å². The smallest absolute Gasteiger partial charge is 0.289 e. The molecule has 24 heavy (non-hydrogen) atoms. The van der Waals surface area contributed by atoms with E-state index in [9.17, 15) is 14.9 Å². The fraction of sp³-hybridized carbons (Fsp3) is 0.333. The van der Waals surface area contributed by atoms with E-state index < -0.39 is 10.8 Å². The second kappa shape index (κ2) is 10.2. The molecule has 0 saturated heterocycles. The van der Waals surface area contributed by atoms with Gasteiger partial charge in [-0.15, -0.1) is 0 Å². The molecule has 0 atom stereocenters. The van der Waals surface area contributed by atoms with E-state index in [2.05, 4.69) is 10.6 Å². The maximum Gasteiger partial charge on any atom is 0.289 e. The van der Waals surface area contributed by atoms with Crippen molar-refractivity contribution in [3.63, 3.8) is 0 Å². The number of rotatable bonds is 9. The molecule has 0 spiro atoms. The number of hydrogen-bond acceptors (Lipinski definition) is 6. The van der Waals surface area contributed by atoms with E-state index in [1.807, 2.05) is 0 Å². The van der Waals surface area contributed by atoms with Crippen LogP contribution in [0.5, 0.6) is 0 Å². The van der Waals surface area contributed by atoms with Gasteiger partial charge in [0.25, 0.3) is 11.6 Å². The fourth-order valence-electron chi connectivity index (χ4n) is 1.77. The quantitative estimate of drug-likeness (QED) is 0.206. The topological polar surface area (TPSA) is 128 Å². The molecule has 1 aromatic carbocycles. The van der Waals surface area contributed by atoms with Crippen molar-refractivity contribution >= 4 is 28.9 Å². The first-order chi connectivity index (χ1) is 11.5. The summed E-state index contributed by atoms with van der Waals surface area (Å²) < 4.78 is 0. The molecule has 0 aliphatic rings. The summed E-state index contributed by atoms with van der Waals surface area (Å²) in [4.78, 5) is 22.2. The summed E-state index contributed by atoms with van der Waals surface area (Å²) in [6, 6.07) is 5.59. The fourth-order valence-corrected chi connectivity index (χ4v) is 1.95. The van der Waals surface area contributed by atoms with Crippen molar-refractivity contribution in [3.8, 4) is 6.07 Å². The summed E-state index contributed by atoms with van der Waals surface area (Å²) in [5, 5.41) is 33.7. The summed E-state index contributed by atoms with van der Waals surface area (Å²) >= 11 is 5.69. The number of carbonyl (C=O) groups is 1. The Labute approximate surface area is 143 Å². The second-order valence-electron chi connectivity index (χ2n) is 4.79. The molecule has 0 aliphatic carbocycles. The zero-order chi connectivity index (χ0) is 17.9. The Morgan fingerprint density at radius 1 is 1.42 bits per heavy atom. The average Bonchev–Trinajstić information content (AvgIpc) is 2.55. The van der Waals surface area contributed by atoms with E-state index in [0.29, 0.717) is 13.0 Å². The molecule has 9 heteroatoms. The molecular weight excluding hydrogens is 336 g/mol. The van der Waals surface area contributed by atoms with Crippen molar-refractivity contribution in [2.45, 2.75) is 19.3 Å². The van der Waals surface area contributed by atoms with Gasteiger partial charge in [-0.2, -0.15) is 5.26 Å². The highest BCUT2D eigenvalue weighted by Crippen LogP contribution is 2.27. The highest BCUT2D eigenvalue weighted by molar-refractivity contribution is 6.32. The van der Waals surface area contributed by atoms with E-state index >= 15 is 0 Å². The van der Waals surface area contributed by atoms with Gasteiger partial charge in [0.15, 0.2) is 0 Å². The molecule has 128 valence electrons. The third kappa shape index (κ3) is 6.24. The lowest BCUT2D eigenvalue weighted by Gasteiger charge is -2.06. The molecule has 0 heterocycles. The molecule has 3 N–H and O–H groups in total. The van der Waals surface area contributed by atoms with Gasteiger partial charge in [-0.3, -0.25) is 14.9 Å². The molecule has 0 aromatic heterocycles. The molecule has 0 aliphatic heterocycles. The van der Waals surface area contributed by atoms with Crippen LogP contribution in [0.3, 0.4) is 0 Å². The Balaban J connectivity index is 2.66. The Hall–Kier alpha value is -2.63. The third-order valence-corrected chi connectivity index (χ3v) is 3.31. The van der Waals surface area contributed by atoms with Crippen LogP contribution < -0.4 is 10.6 Å². The molecule has 1 amide bonds. The van der Waals surface area contributed by atoms with Gasteiger partial charge >= 0.3 is 0 Å². The number of benzene rings is 1. The number of nitrogens with one attached hydrogen (secondary N) is 2. The first-order valence-electron chi connectivity index (χ1n) is 7.19. The highest BCUT2D eigenvalue weighted by Gasteiger charge is 2.15. The molecule has 0 saturated carbocycles. The zero-order valence-electron chi connectivity index (χ0n) is 12.8. The lowest BCUT2D eigenvalue weighted by Crippen LogP contribution is -2.17. The van der Waals surface area contributed by atoms with Crippen LogP contribution in [0.15, 0.2) is 30.0 Å². The zero-order valence-corrected chi connectivity index (χ0v) is 13.5. The van der Waals surface area contributed by atoms with Crippen LogP contribution in [-0.2, 0) is 4.79 Å². The Bertz CT molecular complexity index is 670. The minimum absolute atomic E-state index is 0.0430. The minimum atomic E-state index is -0.683. The van der Waals surface area contributed by atoms with Crippen molar-refractivity contribution in [2.75, 3.05) is 18.5 Å². The molecule has 8 nitrogen and oxygen atoms in total. The van der Waals surface area contributed by atoms with Crippen LogP contribution >= 0.6 is 11.6 Å². The van der Waals surface area contributed by atoms with Crippen LogP contribution in [0, 0.1) is 21.4 Å². The van der Waals surface area contributed by atoms with Gasteiger partial charge in [-0.05, 0) is 31.4 Å². The van der Waals surface area contributed by atoms with Crippen LogP contribution in [0.2, 0.25) is 5.02 Å². The van der Waals surface area contributed by atoms with Gasteiger partial charge < -0.3 is 15.7 Å². The molecule has 1 aromatic rings. The number of aliphatic hydroxyl groups excluding tert-OH is 1. The first-order valence-corrected chi connectivity index (χ1v) is 7.57. The van der Waals surface area contributed by atoms with E-state index in [-0.39, 0.29) is 28.6 Å². The minimum Gasteiger partial charge on any atom is -0.396 e. The van der Waals surface area contributed by atoms with Crippen LogP contribution in [0.4, 0.5) is 11.4 Å². The van der Waals surface area contributed by atoms with Crippen molar-refractivity contribution < 1.29 is 14.8 Å². The molecular formula is C15H17ClN4O4. The van der Waals surface area contributed by atoms with E-state index in [1.165, 1.54) is 18.3 Å². The molecule has 1 rings (SSSR count). The summed E-state index contributed by atoms with van der Waals surface area (Å²) in [6.45, 7) is 0.694. The predicted molar refractivity (Wildman–Crippen MR) is 89.4 cm³/mol. The summed E-state index contributed by atoms with van der Waals surface area (Å²) in [6.07, 6.45) is 3.62. The summed E-state index contributed by atoms with van der Waals surface area (Å²) in [5.74, 6) is -0.683. The number of aliphatic hydroxyl groups is 1. The largest absolute Gasteiger partial charge is 0.396 e.